The van der Waals surface area contributed by atoms with Gasteiger partial charge in [-0.25, -0.2) is 9.97 Å². The van der Waals surface area contributed by atoms with E-state index in [1.807, 2.05) is 37.3 Å². The van der Waals surface area contributed by atoms with Crippen molar-refractivity contribution in [2.45, 2.75) is 25.8 Å². The number of carbonyl (C=O) groups is 1. The van der Waals surface area contributed by atoms with Crippen molar-refractivity contribution < 1.29 is 4.79 Å². The molecule has 0 spiro atoms. The van der Waals surface area contributed by atoms with Crippen molar-refractivity contribution in [3.05, 3.63) is 54.0 Å². The maximum Gasteiger partial charge on any atom is 0.227 e. The van der Waals surface area contributed by atoms with E-state index in [0.29, 0.717) is 11.6 Å². The van der Waals surface area contributed by atoms with Crippen molar-refractivity contribution in [3.8, 4) is 0 Å². The van der Waals surface area contributed by atoms with Crippen molar-refractivity contribution in [2.75, 3.05) is 5.73 Å². The van der Waals surface area contributed by atoms with Crippen LogP contribution >= 0.6 is 0 Å². The summed E-state index contributed by atoms with van der Waals surface area (Å²) in [4.78, 5) is 20.4. The molecule has 5 nitrogen and oxygen atoms in total. The number of aromatic nitrogens is 2. The van der Waals surface area contributed by atoms with E-state index in [9.17, 15) is 4.79 Å². The van der Waals surface area contributed by atoms with Crippen LogP contribution in [0.15, 0.2) is 42.6 Å². The Kier molecular flexibility index (Phi) is 4.65. The van der Waals surface area contributed by atoms with Gasteiger partial charge in [0.15, 0.2) is 0 Å². The molecule has 104 valence electrons. The molecule has 0 aliphatic rings. The third kappa shape index (κ3) is 3.54. The SMILES string of the molecule is CC[C@@H](C(=O)NCc1nccc(N)n1)c1ccccc1. The molecule has 0 saturated carbocycles. The van der Waals surface area contributed by atoms with E-state index in [-0.39, 0.29) is 18.4 Å². The average Bonchev–Trinajstić information content (AvgIpc) is 2.47. The quantitative estimate of drug-likeness (QED) is 0.869. The first-order valence-electron chi connectivity index (χ1n) is 6.60. The van der Waals surface area contributed by atoms with Crippen molar-refractivity contribution in [2.24, 2.45) is 0 Å². The predicted octanol–water partition coefficient (Wildman–Crippen LogP) is 1.87. The van der Waals surface area contributed by atoms with Crippen molar-refractivity contribution >= 4 is 11.7 Å². The Labute approximate surface area is 118 Å². The molecular formula is C15H18N4O. The van der Waals surface area contributed by atoms with Crippen LogP contribution in [-0.4, -0.2) is 15.9 Å². The molecule has 0 radical (unpaired) electrons. The fourth-order valence-corrected chi connectivity index (χ4v) is 2.05. The van der Waals surface area contributed by atoms with Gasteiger partial charge in [0.25, 0.3) is 0 Å². The fourth-order valence-electron chi connectivity index (χ4n) is 2.05. The van der Waals surface area contributed by atoms with Crippen LogP contribution in [0.4, 0.5) is 5.82 Å². The molecule has 20 heavy (non-hydrogen) atoms. The summed E-state index contributed by atoms with van der Waals surface area (Å²) in [7, 11) is 0. The number of rotatable bonds is 5. The number of hydrogen-bond acceptors (Lipinski definition) is 4. The summed E-state index contributed by atoms with van der Waals surface area (Å²) in [5.41, 5.74) is 6.59. The van der Waals surface area contributed by atoms with Crippen LogP contribution in [0.2, 0.25) is 0 Å². The molecule has 2 aromatic rings. The van der Waals surface area contributed by atoms with E-state index in [0.717, 1.165) is 12.0 Å². The van der Waals surface area contributed by atoms with Gasteiger partial charge in [0.05, 0.1) is 12.5 Å². The standard InChI is InChI=1S/C15H18N4O/c1-2-12(11-6-4-3-5-7-11)15(20)18-10-14-17-9-8-13(16)19-14/h3-9,12H,2,10H2,1H3,(H,18,20)(H2,16,17,19)/t12-/m1/s1. The zero-order valence-corrected chi connectivity index (χ0v) is 11.4. The lowest BCUT2D eigenvalue weighted by atomic mass is 9.96. The summed E-state index contributed by atoms with van der Waals surface area (Å²) < 4.78 is 0. The highest BCUT2D eigenvalue weighted by Gasteiger charge is 2.18. The number of nitrogens with zero attached hydrogens (tertiary/aromatic N) is 2. The van der Waals surface area contributed by atoms with Gasteiger partial charge in [-0.3, -0.25) is 4.79 Å². The zero-order valence-electron chi connectivity index (χ0n) is 11.4. The first-order valence-corrected chi connectivity index (χ1v) is 6.60. The highest BCUT2D eigenvalue weighted by Crippen LogP contribution is 2.19. The normalized spacial score (nSPS) is 11.8. The van der Waals surface area contributed by atoms with Gasteiger partial charge in [-0.1, -0.05) is 37.3 Å². The molecule has 1 heterocycles. The Balaban J connectivity index is 2.00. The molecule has 0 aliphatic carbocycles. The Morgan fingerprint density at radius 1 is 1.30 bits per heavy atom. The number of benzene rings is 1. The van der Waals surface area contributed by atoms with Gasteiger partial charge in [-0.05, 0) is 18.1 Å². The third-order valence-corrected chi connectivity index (χ3v) is 3.07. The molecule has 2 rings (SSSR count). The average molecular weight is 270 g/mol. The van der Waals surface area contributed by atoms with Gasteiger partial charge in [0, 0.05) is 6.20 Å². The van der Waals surface area contributed by atoms with Crippen LogP contribution in [0.3, 0.4) is 0 Å². The molecule has 0 aliphatic heterocycles. The van der Waals surface area contributed by atoms with E-state index in [4.69, 9.17) is 5.73 Å². The van der Waals surface area contributed by atoms with Crippen molar-refractivity contribution in [1.82, 2.24) is 15.3 Å². The van der Waals surface area contributed by atoms with Crippen LogP contribution in [0.1, 0.15) is 30.7 Å². The lowest BCUT2D eigenvalue weighted by Crippen LogP contribution is -2.29. The zero-order chi connectivity index (χ0) is 14.4. The summed E-state index contributed by atoms with van der Waals surface area (Å²) >= 11 is 0. The Hall–Kier alpha value is -2.43. The second kappa shape index (κ2) is 6.65. The van der Waals surface area contributed by atoms with Gasteiger partial charge >= 0.3 is 0 Å². The number of nitrogens with one attached hydrogen (secondary N) is 1. The number of anilines is 1. The fraction of sp³-hybridized carbons (Fsp3) is 0.267. The molecule has 3 N–H and O–H groups in total. The molecule has 1 aromatic heterocycles. The second-order valence-corrected chi connectivity index (χ2v) is 4.49. The second-order valence-electron chi connectivity index (χ2n) is 4.49. The van der Waals surface area contributed by atoms with E-state index >= 15 is 0 Å². The van der Waals surface area contributed by atoms with Gasteiger partial charge < -0.3 is 11.1 Å². The minimum absolute atomic E-state index is 0.0234. The molecule has 1 amide bonds. The molecule has 1 atom stereocenters. The smallest absolute Gasteiger partial charge is 0.227 e. The lowest BCUT2D eigenvalue weighted by molar-refractivity contribution is -0.122. The maximum atomic E-state index is 12.2. The summed E-state index contributed by atoms with van der Waals surface area (Å²) in [5.74, 6) is 0.739. The first kappa shape index (κ1) is 14.0. The maximum absolute atomic E-state index is 12.2. The van der Waals surface area contributed by atoms with Gasteiger partial charge in [0.1, 0.15) is 11.6 Å². The predicted molar refractivity (Wildman–Crippen MR) is 77.8 cm³/mol. The van der Waals surface area contributed by atoms with Crippen molar-refractivity contribution in [3.63, 3.8) is 0 Å². The van der Waals surface area contributed by atoms with Crippen LogP contribution in [0.5, 0.6) is 0 Å². The monoisotopic (exact) mass is 270 g/mol. The number of nitrogens with two attached hydrogens (primary N) is 1. The molecule has 0 saturated heterocycles. The number of nitrogen functional groups attached to an aromatic ring is 1. The van der Waals surface area contributed by atoms with Crippen LogP contribution in [0.25, 0.3) is 0 Å². The topological polar surface area (TPSA) is 80.9 Å². The van der Waals surface area contributed by atoms with E-state index in [1.165, 1.54) is 0 Å². The summed E-state index contributed by atoms with van der Waals surface area (Å²) in [6.07, 6.45) is 2.33. The largest absolute Gasteiger partial charge is 0.384 e. The molecule has 0 bridgehead atoms. The number of hydrogen-bond donors (Lipinski definition) is 2. The van der Waals surface area contributed by atoms with Gasteiger partial charge in [-0.2, -0.15) is 0 Å². The molecule has 0 fully saturated rings. The van der Waals surface area contributed by atoms with Gasteiger partial charge in [-0.15, -0.1) is 0 Å². The number of carbonyl (C=O) groups excluding carboxylic acids is 1. The van der Waals surface area contributed by atoms with Crippen LogP contribution in [0, 0.1) is 0 Å². The summed E-state index contributed by atoms with van der Waals surface area (Å²) in [6, 6.07) is 11.4. The van der Waals surface area contributed by atoms with E-state index in [2.05, 4.69) is 15.3 Å². The molecule has 1 aromatic carbocycles. The van der Waals surface area contributed by atoms with Gasteiger partial charge in [0.2, 0.25) is 5.91 Å². The number of amides is 1. The molecule has 0 unspecified atom stereocenters. The van der Waals surface area contributed by atoms with Crippen LogP contribution < -0.4 is 11.1 Å². The minimum atomic E-state index is -0.155. The van der Waals surface area contributed by atoms with E-state index in [1.54, 1.807) is 12.3 Å². The summed E-state index contributed by atoms with van der Waals surface area (Å²) in [5, 5.41) is 2.86. The van der Waals surface area contributed by atoms with Crippen LogP contribution in [-0.2, 0) is 11.3 Å². The summed E-state index contributed by atoms with van der Waals surface area (Å²) in [6.45, 7) is 2.28. The van der Waals surface area contributed by atoms with Crippen molar-refractivity contribution in [1.29, 1.82) is 0 Å². The minimum Gasteiger partial charge on any atom is -0.384 e. The first-order chi connectivity index (χ1) is 9.70. The highest BCUT2D eigenvalue weighted by molar-refractivity contribution is 5.83. The van der Waals surface area contributed by atoms with E-state index < -0.39 is 0 Å². The third-order valence-electron chi connectivity index (χ3n) is 3.07. The lowest BCUT2D eigenvalue weighted by Gasteiger charge is -2.15. The Morgan fingerprint density at radius 2 is 2.05 bits per heavy atom. The molecule has 5 heteroatoms. The highest BCUT2D eigenvalue weighted by atomic mass is 16.1. The Morgan fingerprint density at radius 3 is 2.70 bits per heavy atom. The Bertz CT molecular complexity index is 571. The molecular weight excluding hydrogens is 252 g/mol.